The molecule has 0 saturated carbocycles. The lowest BCUT2D eigenvalue weighted by Gasteiger charge is -2.27. The van der Waals surface area contributed by atoms with Crippen molar-refractivity contribution in [3.05, 3.63) is 30.1 Å². The number of nitrogens with one attached hydrogen (secondary N) is 1. The third-order valence-corrected chi connectivity index (χ3v) is 2.95. The van der Waals surface area contributed by atoms with Gasteiger partial charge in [-0.15, -0.1) is 0 Å². The monoisotopic (exact) mass is 235 g/mol. The molecule has 1 aromatic heterocycles. The van der Waals surface area contributed by atoms with Gasteiger partial charge in [-0.1, -0.05) is 26.8 Å². The second-order valence-corrected chi connectivity index (χ2v) is 4.97. The number of nitrogens with zero attached hydrogens (tertiary/aromatic N) is 2. The first-order valence-corrected chi connectivity index (χ1v) is 6.44. The molecule has 0 radical (unpaired) electrons. The molecule has 3 nitrogen and oxygen atoms in total. The topological polar surface area (TPSA) is 28.2 Å². The summed E-state index contributed by atoms with van der Waals surface area (Å²) in [6.07, 6.45) is 3.76. The van der Waals surface area contributed by atoms with Crippen molar-refractivity contribution in [1.82, 2.24) is 15.2 Å². The van der Waals surface area contributed by atoms with E-state index >= 15 is 0 Å². The standard InChI is InChI=1S/C14H25N3/c1-5-16-14(12(2)3)11-17(4)10-13-7-6-8-15-9-13/h6-9,12,14,16H,5,10-11H2,1-4H3. The summed E-state index contributed by atoms with van der Waals surface area (Å²) in [5.41, 5.74) is 1.27. The number of pyridine rings is 1. The quantitative estimate of drug-likeness (QED) is 0.785. The zero-order valence-corrected chi connectivity index (χ0v) is 11.5. The maximum Gasteiger partial charge on any atom is 0.0312 e. The Morgan fingerprint density at radius 3 is 2.71 bits per heavy atom. The molecule has 0 bridgehead atoms. The van der Waals surface area contributed by atoms with Gasteiger partial charge in [0, 0.05) is 31.5 Å². The van der Waals surface area contributed by atoms with Crippen LogP contribution in [0.15, 0.2) is 24.5 Å². The molecular weight excluding hydrogens is 210 g/mol. The van der Waals surface area contributed by atoms with Crippen LogP contribution in [0.25, 0.3) is 0 Å². The fourth-order valence-electron chi connectivity index (χ4n) is 1.98. The van der Waals surface area contributed by atoms with E-state index in [2.05, 4.69) is 49.1 Å². The Hall–Kier alpha value is -0.930. The van der Waals surface area contributed by atoms with Gasteiger partial charge >= 0.3 is 0 Å². The third-order valence-electron chi connectivity index (χ3n) is 2.95. The van der Waals surface area contributed by atoms with Crippen LogP contribution >= 0.6 is 0 Å². The van der Waals surface area contributed by atoms with Gasteiger partial charge in [-0.3, -0.25) is 4.98 Å². The molecule has 96 valence electrons. The molecule has 1 rings (SSSR count). The number of aromatic nitrogens is 1. The van der Waals surface area contributed by atoms with E-state index in [0.29, 0.717) is 12.0 Å². The second-order valence-electron chi connectivity index (χ2n) is 4.97. The van der Waals surface area contributed by atoms with Crippen molar-refractivity contribution in [3.8, 4) is 0 Å². The lowest BCUT2D eigenvalue weighted by Crippen LogP contribution is -2.42. The summed E-state index contributed by atoms with van der Waals surface area (Å²) in [6, 6.07) is 4.68. The summed E-state index contributed by atoms with van der Waals surface area (Å²) < 4.78 is 0. The van der Waals surface area contributed by atoms with Crippen LogP contribution in [-0.2, 0) is 6.54 Å². The molecule has 1 aromatic rings. The van der Waals surface area contributed by atoms with Gasteiger partial charge in [0.05, 0.1) is 0 Å². The highest BCUT2D eigenvalue weighted by Gasteiger charge is 2.14. The minimum Gasteiger partial charge on any atom is -0.313 e. The summed E-state index contributed by atoms with van der Waals surface area (Å²) >= 11 is 0. The molecule has 17 heavy (non-hydrogen) atoms. The summed E-state index contributed by atoms with van der Waals surface area (Å²) in [5, 5.41) is 3.54. The molecule has 1 unspecified atom stereocenters. The fourth-order valence-corrected chi connectivity index (χ4v) is 1.98. The summed E-state index contributed by atoms with van der Waals surface area (Å²) in [6.45, 7) is 9.76. The van der Waals surface area contributed by atoms with Gasteiger partial charge in [0.15, 0.2) is 0 Å². The molecule has 0 aliphatic carbocycles. The van der Waals surface area contributed by atoms with E-state index in [0.717, 1.165) is 19.6 Å². The maximum atomic E-state index is 4.15. The van der Waals surface area contributed by atoms with Crippen LogP contribution in [-0.4, -0.2) is 36.1 Å². The average molecular weight is 235 g/mol. The average Bonchev–Trinajstić information content (AvgIpc) is 2.29. The molecule has 0 spiro atoms. The third kappa shape index (κ3) is 5.29. The number of hydrogen-bond donors (Lipinski definition) is 1. The fraction of sp³-hybridized carbons (Fsp3) is 0.643. The molecule has 0 aromatic carbocycles. The molecule has 1 heterocycles. The van der Waals surface area contributed by atoms with E-state index in [9.17, 15) is 0 Å². The zero-order chi connectivity index (χ0) is 12.7. The normalized spacial score (nSPS) is 13.3. The van der Waals surface area contributed by atoms with Crippen LogP contribution in [0, 0.1) is 5.92 Å². The Morgan fingerprint density at radius 2 is 2.18 bits per heavy atom. The molecule has 0 saturated heterocycles. The lowest BCUT2D eigenvalue weighted by atomic mass is 10.0. The largest absolute Gasteiger partial charge is 0.313 e. The Morgan fingerprint density at radius 1 is 1.41 bits per heavy atom. The molecule has 1 N–H and O–H groups in total. The Bertz CT molecular complexity index is 298. The van der Waals surface area contributed by atoms with Crippen LogP contribution < -0.4 is 5.32 Å². The van der Waals surface area contributed by atoms with Gasteiger partial charge in [0.1, 0.15) is 0 Å². The van der Waals surface area contributed by atoms with Crippen LogP contribution in [0.4, 0.5) is 0 Å². The molecule has 0 aliphatic rings. The highest BCUT2D eigenvalue weighted by atomic mass is 15.1. The maximum absolute atomic E-state index is 4.15. The summed E-state index contributed by atoms with van der Waals surface area (Å²) in [7, 11) is 2.17. The second kappa shape index (κ2) is 7.41. The minimum absolute atomic E-state index is 0.557. The highest BCUT2D eigenvalue weighted by molar-refractivity contribution is 5.07. The van der Waals surface area contributed by atoms with Crippen molar-refractivity contribution in [3.63, 3.8) is 0 Å². The van der Waals surface area contributed by atoms with Crippen molar-refractivity contribution in [2.24, 2.45) is 5.92 Å². The van der Waals surface area contributed by atoms with Crippen molar-refractivity contribution >= 4 is 0 Å². The van der Waals surface area contributed by atoms with E-state index in [1.807, 2.05) is 18.5 Å². The first kappa shape index (κ1) is 14.1. The van der Waals surface area contributed by atoms with Crippen molar-refractivity contribution < 1.29 is 0 Å². The minimum atomic E-state index is 0.557. The molecular formula is C14H25N3. The molecule has 1 atom stereocenters. The Balaban J connectivity index is 2.44. The van der Waals surface area contributed by atoms with Gasteiger partial charge in [0.2, 0.25) is 0 Å². The molecule has 0 fully saturated rings. The SMILES string of the molecule is CCNC(CN(C)Cc1cccnc1)C(C)C. The smallest absolute Gasteiger partial charge is 0.0312 e. The molecule has 0 amide bonds. The predicted octanol–water partition coefficient (Wildman–Crippen LogP) is 2.15. The van der Waals surface area contributed by atoms with Gasteiger partial charge < -0.3 is 10.2 Å². The van der Waals surface area contributed by atoms with Gasteiger partial charge in [-0.25, -0.2) is 0 Å². The van der Waals surface area contributed by atoms with Crippen molar-refractivity contribution in [2.45, 2.75) is 33.4 Å². The van der Waals surface area contributed by atoms with E-state index in [4.69, 9.17) is 0 Å². The van der Waals surface area contributed by atoms with Crippen molar-refractivity contribution in [1.29, 1.82) is 0 Å². The number of likely N-dealkylation sites (N-methyl/N-ethyl adjacent to an activating group) is 2. The first-order valence-electron chi connectivity index (χ1n) is 6.44. The Kier molecular flexibility index (Phi) is 6.16. The van der Waals surface area contributed by atoms with Crippen LogP contribution in [0.5, 0.6) is 0 Å². The summed E-state index contributed by atoms with van der Waals surface area (Å²) in [5.74, 6) is 0.659. The Labute approximate surface area is 105 Å². The van der Waals surface area contributed by atoms with E-state index in [-0.39, 0.29) is 0 Å². The molecule has 3 heteroatoms. The number of hydrogen-bond acceptors (Lipinski definition) is 3. The van der Waals surface area contributed by atoms with Gasteiger partial charge in [-0.05, 0) is 31.1 Å². The highest BCUT2D eigenvalue weighted by Crippen LogP contribution is 2.06. The van der Waals surface area contributed by atoms with E-state index in [1.54, 1.807) is 0 Å². The van der Waals surface area contributed by atoms with Crippen molar-refractivity contribution in [2.75, 3.05) is 20.1 Å². The predicted molar refractivity (Wildman–Crippen MR) is 72.9 cm³/mol. The zero-order valence-electron chi connectivity index (χ0n) is 11.5. The molecule has 0 aliphatic heterocycles. The van der Waals surface area contributed by atoms with E-state index in [1.165, 1.54) is 5.56 Å². The number of rotatable bonds is 7. The summed E-state index contributed by atoms with van der Waals surface area (Å²) in [4.78, 5) is 6.50. The lowest BCUT2D eigenvalue weighted by molar-refractivity contribution is 0.250. The van der Waals surface area contributed by atoms with Gasteiger partial charge in [0.25, 0.3) is 0 Å². The van der Waals surface area contributed by atoms with Crippen LogP contribution in [0.1, 0.15) is 26.3 Å². The van der Waals surface area contributed by atoms with E-state index < -0.39 is 0 Å². The van der Waals surface area contributed by atoms with Crippen LogP contribution in [0.3, 0.4) is 0 Å². The first-order chi connectivity index (χ1) is 8.13. The van der Waals surface area contributed by atoms with Crippen LogP contribution in [0.2, 0.25) is 0 Å². The van der Waals surface area contributed by atoms with Gasteiger partial charge in [-0.2, -0.15) is 0 Å².